The lowest BCUT2D eigenvalue weighted by atomic mass is 10.3. The minimum atomic E-state index is -0.954. The maximum atomic E-state index is 5.55. The lowest BCUT2D eigenvalue weighted by Gasteiger charge is -2.08. The van der Waals surface area contributed by atoms with Crippen LogP contribution in [0.5, 0.6) is 5.75 Å². The molecule has 0 aromatic heterocycles. The molecule has 0 bridgehead atoms. The third-order valence-electron chi connectivity index (χ3n) is 1.25. The van der Waals surface area contributed by atoms with Crippen LogP contribution in [0.25, 0.3) is 0 Å². The van der Waals surface area contributed by atoms with E-state index in [4.69, 9.17) is 10.2 Å². The highest BCUT2D eigenvalue weighted by atomic mass is 28.3. The quantitative estimate of drug-likeness (QED) is 0.537. The zero-order chi connectivity index (χ0) is 8.27. The third kappa shape index (κ3) is 2.63. The molecule has 3 heteroatoms. The lowest BCUT2D eigenvalue weighted by molar-refractivity contribution is 0.581. The summed E-state index contributed by atoms with van der Waals surface area (Å²) in [7, 11) is -0.954. The van der Waals surface area contributed by atoms with Crippen molar-refractivity contribution in [3.05, 3.63) is 24.3 Å². The third-order valence-corrected chi connectivity index (χ3v) is 2.00. The molecule has 0 aliphatic heterocycles. The minimum Gasteiger partial charge on any atom is -0.547 e. The fourth-order valence-electron chi connectivity index (χ4n) is 0.819. The molecule has 0 atom stereocenters. The Morgan fingerprint density at radius 1 is 1.18 bits per heavy atom. The van der Waals surface area contributed by atoms with Gasteiger partial charge in [-0.05, 0) is 37.4 Å². The van der Waals surface area contributed by atoms with Crippen molar-refractivity contribution in [2.75, 3.05) is 5.73 Å². The molecular formula is C8H13NOSi. The van der Waals surface area contributed by atoms with Gasteiger partial charge >= 0.3 is 0 Å². The Bertz CT molecular complexity index is 220. The van der Waals surface area contributed by atoms with Crippen molar-refractivity contribution < 1.29 is 4.43 Å². The van der Waals surface area contributed by atoms with Crippen molar-refractivity contribution in [3.63, 3.8) is 0 Å². The van der Waals surface area contributed by atoms with Gasteiger partial charge in [0.1, 0.15) is 5.75 Å². The highest BCUT2D eigenvalue weighted by Gasteiger charge is 1.96. The summed E-state index contributed by atoms with van der Waals surface area (Å²) in [5, 5.41) is 0. The Kier molecular flexibility index (Phi) is 2.54. The van der Waals surface area contributed by atoms with Gasteiger partial charge in [-0.25, -0.2) is 0 Å². The van der Waals surface area contributed by atoms with Gasteiger partial charge in [0.25, 0.3) is 0 Å². The molecule has 1 aromatic carbocycles. The summed E-state index contributed by atoms with van der Waals surface area (Å²) < 4.78 is 5.55. The van der Waals surface area contributed by atoms with Gasteiger partial charge in [0.2, 0.25) is 9.04 Å². The number of nitrogen functional groups attached to an aromatic ring is 1. The van der Waals surface area contributed by atoms with Crippen molar-refractivity contribution in [3.8, 4) is 5.75 Å². The zero-order valence-corrected chi connectivity index (χ0v) is 8.03. The molecule has 0 radical (unpaired) electrons. The first-order valence-corrected chi connectivity index (χ1v) is 6.49. The maximum absolute atomic E-state index is 5.55. The Hall–Kier alpha value is -0.963. The number of hydrogen-bond acceptors (Lipinski definition) is 2. The van der Waals surface area contributed by atoms with Crippen LogP contribution in [0.2, 0.25) is 13.1 Å². The molecule has 1 aromatic rings. The summed E-state index contributed by atoms with van der Waals surface area (Å²) >= 11 is 0. The van der Waals surface area contributed by atoms with Crippen LogP contribution in [0.1, 0.15) is 0 Å². The fraction of sp³-hybridized carbons (Fsp3) is 0.250. The predicted octanol–water partition coefficient (Wildman–Crippen LogP) is 1.63. The lowest BCUT2D eigenvalue weighted by Crippen LogP contribution is -2.10. The van der Waals surface area contributed by atoms with Crippen LogP contribution in [0, 0.1) is 0 Å². The van der Waals surface area contributed by atoms with Gasteiger partial charge in [-0.15, -0.1) is 0 Å². The minimum absolute atomic E-state index is 0.780. The topological polar surface area (TPSA) is 35.2 Å². The molecule has 0 amide bonds. The normalized spacial score (nSPS) is 10.1. The number of hydrogen-bond donors (Lipinski definition) is 1. The van der Waals surface area contributed by atoms with Crippen LogP contribution in [0.4, 0.5) is 5.69 Å². The van der Waals surface area contributed by atoms with Crippen molar-refractivity contribution in [2.45, 2.75) is 13.1 Å². The fourth-order valence-corrected chi connectivity index (χ4v) is 1.52. The first kappa shape index (κ1) is 8.14. The van der Waals surface area contributed by atoms with Gasteiger partial charge in [0, 0.05) is 5.69 Å². The van der Waals surface area contributed by atoms with Gasteiger partial charge in [0.05, 0.1) is 0 Å². The van der Waals surface area contributed by atoms with Crippen LogP contribution >= 0.6 is 0 Å². The van der Waals surface area contributed by atoms with E-state index in [1.807, 2.05) is 24.3 Å². The summed E-state index contributed by atoms with van der Waals surface area (Å²) in [5.41, 5.74) is 6.29. The van der Waals surface area contributed by atoms with Crippen molar-refractivity contribution in [1.82, 2.24) is 0 Å². The summed E-state index contributed by atoms with van der Waals surface area (Å²) in [4.78, 5) is 0. The molecule has 0 aliphatic rings. The number of rotatable bonds is 2. The molecule has 0 fully saturated rings. The van der Waals surface area contributed by atoms with Gasteiger partial charge in [-0.1, -0.05) is 0 Å². The molecule has 0 saturated heterocycles. The van der Waals surface area contributed by atoms with Gasteiger partial charge in [-0.2, -0.15) is 0 Å². The summed E-state index contributed by atoms with van der Waals surface area (Å²) in [6.45, 7) is 4.27. The monoisotopic (exact) mass is 167 g/mol. The highest BCUT2D eigenvalue weighted by molar-refractivity contribution is 6.49. The molecule has 11 heavy (non-hydrogen) atoms. The highest BCUT2D eigenvalue weighted by Crippen LogP contribution is 2.13. The summed E-state index contributed by atoms with van der Waals surface area (Å²) in [6.07, 6.45) is 0. The van der Waals surface area contributed by atoms with Gasteiger partial charge < -0.3 is 10.2 Å². The number of anilines is 1. The second-order valence-electron chi connectivity index (χ2n) is 2.74. The van der Waals surface area contributed by atoms with Crippen LogP contribution in [-0.2, 0) is 0 Å². The standard InChI is InChI=1S/C8H13NOSi/c1-11(2)10-8-5-3-7(9)4-6-8/h3-6,11H,9H2,1-2H3. The van der Waals surface area contributed by atoms with Gasteiger partial charge in [-0.3, -0.25) is 0 Å². The average molecular weight is 167 g/mol. The van der Waals surface area contributed by atoms with E-state index in [0.717, 1.165) is 11.4 Å². The zero-order valence-electron chi connectivity index (χ0n) is 6.87. The first-order chi connectivity index (χ1) is 5.18. The molecular weight excluding hydrogens is 154 g/mol. The Balaban J connectivity index is 2.66. The summed E-state index contributed by atoms with van der Waals surface area (Å²) in [5.74, 6) is 0.931. The van der Waals surface area contributed by atoms with Crippen LogP contribution < -0.4 is 10.2 Å². The van der Waals surface area contributed by atoms with E-state index in [1.54, 1.807) is 0 Å². The molecule has 60 valence electrons. The Morgan fingerprint density at radius 2 is 1.73 bits per heavy atom. The molecule has 0 heterocycles. The van der Waals surface area contributed by atoms with Crippen LogP contribution in [-0.4, -0.2) is 9.04 Å². The SMILES string of the molecule is C[SiH](C)Oc1ccc(N)cc1. The van der Waals surface area contributed by atoms with Crippen molar-refractivity contribution in [2.24, 2.45) is 0 Å². The predicted molar refractivity (Wildman–Crippen MR) is 50.4 cm³/mol. The second kappa shape index (κ2) is 3.43. The molecule has 2 nitrogen and oxygen atoms in total. The van der Waals surface area contributed by atoms with E-state index < -0.39 is 9.04 Å². The van der Waals surface area contributed by atoms with E-state index in [9.17, 15) is 0 Å². The number of benzene rings is 1. The molecule has 0 saturated carbocycles. The molecule has 0 unspecified atom stereocenters. The second-order valence-corrected chi connectivity index (χ2v) is 5.07. The smallest absolute Gasteiger partial charge is 0.229 e. The van der Waals surface area contributed by atoms with E-state index >= 15 is 0 Å². The van der Waals surface area contributed by atoms with Crippen LogP contribution in [0.15, 0.2) is 24.3 Å². The average Bonchev–Trinajstić information content (AvgIpc) is 1.93. The van der Waals surface area contributed by atoms with Gasteiger partial charge in [0.15, 0.2) is 0 Å². The first-order valence-electron chi connectivity index (χ1n) is 3.70. The maximum Gasteiger partial charge on any atom is 0.229 e. The van der Waals surface area contributed by atoms with E-state index in [1.165, 1.54) is 0 Å². The van der Waals surface area contributed by atoms with E-state index in [-0.39, 0.29) is 0 Å². The van der Waals surface area contributed by atoms with Crippen molar-refractivity contribution in [1.29, 1.82) is 0 Å². The van der Waals surface area contributed by atoms with E-state index in [2.05, 4.69) is 13.1 Å². The molecule has 2 N–H and O–H groups in total. The number of nitrogens with two attached hydrogens (primary N) is 1. The molecule has 1 rings (SSSR count). The largest absolute Gasteiger partial charge is 0.547 e. The Labute approximate surface area is 68.7 Å². The summed E-state index contributed by atoms with van der Waals surface area (Å²) in [6, 6.07) is 7.52. The van der Waals surface area contributed by atoms with Crippen LogP contribution in [0.3, 0.4) is 0 Å². The Morgan fingerprint density at radius 3 is 2.18 bits per heavy atom. The van der Waals surface area contributed by atoms with Crippen molar-refractivity contribution >= 4 is 14.7 Å². The van der Waals surface area contributed by atoms with E-state index in [0.29, 0.717) is 0 Å². The molecule has 0 aliphatic carbocycles. The molecule has 0 spiro atoms.